The van der Waals surface area contributed by atoms with Gasteiger partial charge in [0.1, 0.15) is 5.75 Å². The minimum Gasteiger partial charge on any atom is -0.423 e. The second-order valence-electron chi connectivity index (χ2n) is 12.8. The van der Waals surface area contributed by atoms with Gasteiger partial charge in [0.15, 0.2) is 0 Å². The van der Waals surface area contributed by atoms with Crippen molar-refractivity contribution in [1.29, 1.82) is 0 Å². The van der Waals surface area contributed by atoms with Crippen LogP contribution < -0.4 is 10.1 Å². The molecule has 3 nitrogen and oxygen atoms in total. The Morgan fingerprint density at radius 1 is 0.842 bits per heavy atom. The number of nitrogens with one attached hydrogen (secondary N) is 1. The molecule has 192 valence electrons. The van der Waals surface area contributed by atoms with Gasteiger partial charge in [-0.05, 0) is 121 Å². The van der Waals surface area contributed by atoms with Crippen molar-refractivity contribution in [3.05, 3.63) is 107 Å². The van der Waals surface area contributed by atoms with Gasteiger partial charge in [0.05, 0.1) is 11.6 Å². The minimum absolute atomic E-state index is 0.242. The van der Waals surface area contributed by atoms with Crippen LogP contribution in [0.15, 0.2) is 84.9 Å². The molecule has 4 bridgehead atoms. The number of rotatable bonds is 4. The minimum atomic E-state index is -0.321. The van der Waals surface area contributed by atoms with Gasteiger partial charge < -0.3 is 10.1 Å². The third-order valence-electron chi connectivity index (χ3n) is 10.5. The van der Waals surface area contributed by atoms with Gasteiger partial charge in [0.25, 0.3) is 0 Å². The quantitative estimate of drug-likeness (QED) is 0.222. The number of carbonyl (C=O) groups is 1. The maximum absolute atomic E-state index is 12.5. The lowest BCUT2D eigenvalue weighted by molar-refractivity contribution is -0.00523. The van der Waals surface area contributed by atoms with E-state index >= 15 is 0 Å². The molecule has 0 unspecified atom stereocenters. The SMILES string of the molecule is O=C(Oc1ccc([C@@H]2Nc3ccc(C45CC6CC(CC(C6)C4)C5)cc3[C@@H]3C=CC[C@H]32)cc1)c1ccccc1. The highest BCUT2D eigenvalue weighted by Gasteiger charge is 2.52. The largest absolute Gasteiger partial charge is 0.423 e. The van der Waals surface area contributed by atoms with Crippen LogP contribution in [0.25, 0.3) is 0 Å². The Balaban J connectivity index is 1.05. The van der Waals surface area contributed by atoms with Crippen LogP contribution in [0.3, 0.4) is 0 Å². The molecular weight excluding hydrogens is 466 g/mol. The molecule has 1 N–H and O–H groups in total. The molecule has 0 aromatic heterocycles. The van der Waals surface area contributed by atoms with E-state index < -0.39 is 0 Å². The van der Waals surface area contributed by atoms with Crippen molar-refractivity contribution < 1.29 is 9.53 Å². The molecule has 3 heteroatoms. The van der Waals surface area contributed by atoms with Crippen molar-refractivity contribution in [1.82, 2.24) is 0 Å². The molecule has 38 heavy (non-hydrogen) atoms. The molecule has 0 spiro atoms. The molecular formula is C35H35NO2. The Bertz CT molecular complexity index is 1370. The summed E-state index contributed by atoms with van der Waals surface area (Å²) in [6.07, 6.45) is 14.6. The molecule has 5 aliphatic carbocycles. The van der Waals surface area contributed by atoms with E-state index in [0.717, 1.165) is 24.2 Å². The second kappa shape index (κ2) is 8.59. The first kappa shape index (κ1) is 22.6. The average Bonchev–Trinajstić information content (AvgIpc) is 3.43. The van der Waals surface area contributed by atoms with E-state index in [4.69, 9.17) is 4.74 Å². The van der Waals surface area contributed by atoms with Gasteiger partial charge in [0, 0.05) is 11.6 Å². The number of allylic oxidation sites excluding steroid dienone is 2. The van der Waals surface area contributed by atoms with Gasteiger partial charge in [-0.1, -0.05) is 54.6 Å². The smallest absolute Gasteiger partial charge is 0.343 e. The summed E-state index contributed by atoms with van der Waals surface area (Å²) in [7, 11) is 0. The summed E-state index contributed by atoms with van der Waals surface area (Å²) < 4.78 is 5.63. The van der Waals surface area contributed by atoms with E-state index in [-0.39, 0.29) is 12.0 Å². The fourth-order valence-corrected chi connectivity index (χ4v) is 9.20. The van der Waals surface area contributed by atoms with Crippen molar-refractivity contribution in [2.75, 3.05) is 5.32 Å². The van der Waals surface area contributed by atoms with Crippen LogP contribution in [-0.2, 0) is 5.41 Å². The zero-order valence-corrected chi connectivity index (χ0v) is 21.8. The Kier molecular flexibility index (Phi) is 5.12. The number of ether oxygens (including phenoxy) is 1. The normalized spacial score (nSPS) is 33.9. The summed E-state index contributed by atoms with van der Waals surface area (Å²) in [4.78, 5) is 12.5. The van der Waals surface area contributed by atoms with Crippen LogP contribution in [0.1, 0.15) is 84.0 Å². The van der Waals surface area contributed by atoms with Crippen LogP contribution in [0.5, 0.6) is 5.75 Å². The Morgan fingerprint density at radius 3 is 2.26 bits per heavy atom. The topological polar surface area (TPSA) is 38.3 Å². The number of benzene rings is 3. The average molecular weight is 502 g/mol. The van der Waals surface area contributed by atoms with Crippen molar-refractivity contribution in [3.8, 4) is 5.75 Å². The van der Waals surface area contributed by atoms with Gasteiger partial charge in [0.2, 0.25) is 0 Å². The Morgan fingerprint density at radius 2 is 1.55 bits per heavy atom. The Hall–Kier alpha value is -3.33. The zero-order valence-electron chi connectivity index (χ0n) is 21.8. The predicted molar refractivity (Wildman–Crippen MR) is 150 cm³/mol. The third-order valence-corrected chi connectivity index (χ3v) is 10.5. The molecule has 0 saturated heterocycles. The lowest BCUT2D eigenvalue weighted by Crippen LogP contribution is -2.48. The molecule has 9 rings (SSSR count). The fraction of sp³-hybridized carbons (Fsp3) is 0.400. The molecule has 3 atom stereocenters. The first-order valence-corrected chi connectivity index (χ1v) is 14.6. The summed E-state index contributed by atoms with van der Waals surface area (Å²) in [6, 6.07) is 25.0. The molecule has 0 amide bonds. The van der Waals surface area contributed by atoms with Gasteiger partial charge in [-0.15, -0.1) is 0 Å². The number of hydrogen-bond donors (Lipinski definition) is 1. The summed E-state index contributed by atoms with van der Waals surface area (Å²) in [5.74, 6) is 4.13. The highest BCUT2D eigenvalue weighted by molar-refractivity contribution is 5.90. The summed E-state index contributed by atoms with van der Waals surface area (Å²) in [5.41, 5.74) is 6.66. The van der Waals surface area contributed by atoms with E-state index in [1.807, 2.05) is 30.3 Å². The standard InChI is InChI=1S/C35H35NO2/c37-34(26-5-2-1-3-6-26)38-28-12-9-25(10-13-28)33-30-8-4-7-29(30)31-18-27(11-14-32(31)36-33)35-19-22-15-23(20-35)17-24(16-22)21-35/h1-7,9-14,18,22-24,29-30,33,36H,8,15-17,19-21H2/t22?,23?,24?,29-,30-,33+,35?/m1/s1. The monoisotopic (exact) mass is 501 g/mol. The Labute approximate surface area is 225 Å². The van der Waals surface area contributed by atoms with Crippen LogP contribution >= 0.6 is 0 Å². The number of carbonyl (C=O) groups excluding carboxylic acids is 1. The molecule has 1 heterocycles. The first-order chi connectivity index (χ1) is 18.6. The molecule has 3 aromatic carbocycles. The third kappa shape index (κ3) is 3.66. The number of esters is 1. The summed E-state index contributed by atoms with van der Waals surface area (Å²) in [5, 5.41) is 3.92. The highest BCUT2D eigenvalue weighted by Crippen LogP contribution is 2.61. The van der Waals surface area contributed by atoms with Crippen LogP contribution in [-0.4, -0.2) is 5.97 Å². The van der Waals surface area contributed by atoms with Gasteiger partial charge in [-0.25, -0.2) is 4.79 Å². The lowest BCUT2D eigenvalue weighted by Gasteiger charge is -2.57. The van der Waals surface area contributed by atoms with Gasteiger partial charge >= 0.3 is 5.97 Å². The van der Waals surface area contributed by atoms with Crippen LogP contribution in [0.4, 0.5) is 5.69 Å². The van der Waals surface area contributed by atoms with E-state index in [9.17, 15) is 4.79 Å². The van der Waals surface area contributed by atoms with Gasteiger partial charge in [-0.3, -0.25) is 0 Å². The molecule has 4 saturated carbocycles. The van der Waals surface area contributed by atoms with Crippen LogP contribution in [0.2, 0.25) is 0 Å². The van der Waals surface area contributed by atoms with E-state index in [1.54, 1.807) is 17.7 Å². The van der Waals surface area contributed by atoms with E-state index in [1.165, 1.54) is 55.3 Å². The highest BCUT2D eigenvalue weighted by atomic mass is 16.5. The van der Waals surface area contributed by atoms with E-state index in [0.29, 0.717) is 28.6 Å². The first-order valence-electron chi connectivity index (χ1n) is 14.6. The van der Waals surface area contributed by atoms with Crippen molar-refractivity contribution in [2.24, 2.45) is 23.7 Å². The van der Waals surface area contributed by atoms with Gasteiger partial charge in [-0.2, -0.15) is 0 Å². The second-order valence-corrected chi connectivity index (χ2v) is 12.8. The molecule has 3 aromatic rings. The maximum atomic E-state index is 12.5. The molecule has 1 aliphatic heterocycles. The predicted octanol–water partition coefficient (Wildman–Crippen LogP) is 8.20. The lowest BCUT2D eigenvalue weighted by atomic mass is 9.48. The van der Waals surface area contributed by atoms with E-state index in [2.05, 4.69) is 47.8 Å². The van der Waals surface area contributed by atoms with Crippen LogP contribution in [0, 0.1) is 23.7 Å². The fourth-order valence-electron chi connectivity index (χ4n) is 9.20. The van der Waals surface area contributed by atoms with Crippen molar-refractivity contribution in [2.45, 2.75) is 62.3 Å². The molecule has 6 aliphatic rings. The number of hydrogen-bond acceptors (Lipinski definition) is 3. The molecule has 4 fully saturated rings. The van der Waals surface area contributed by atoms with Crippen molar-refractivity contribution in [3.63, 3.8) is 0 Å². The summed E-state index contributed by atoms with van der Waals surface area (Å²) in [6.45, 7) is 0. The van der Waals surface area contributed by atoms with Crippen molar-refractivity contribution >= 4 is 11.7 Å². The maximum Gasteiger partial charge on any atom is 0.343 e. The summed E-state index contributed by atoms with van der Waals surface area (Å²) >= 11 is 0. The molecule has 0 radical (unpaired) electrons. The number of fused-ring (bicyclic) bond motifs is 3. The zero-order chi connectivity index (χ0) is 25.3. The number of anilines is 1.